The average molecular weight is 155 g/mol. The molecule has 3 aliphatic rings. The molecule has 2 aliphatic heterocycles. The molecule has 0 aromatic rings. The lowest BCUT2D eigenvalue weighted by molar-refractivity contribution is -0.128. The lowest BCUT2D eigenvalue weighted by Crippen LogP contribution is -2.37. The van der Waals surface area contributed by atoms with E-state index in [0.29, 0.717) is 6.04 Å². The molecule has 11 heavy (non-hydrogen) atoms. The number of rotatable bonds is 1. The zero-order chi connectivity index (χ0) is 8.06. The molecule has 1 saturated carbocycles. The van der Waals surface area contributed by atoms with Crippen LogP contribution in [-0.2, 0) is 4.79 Å². The summed E-state index contributed by atoms with van der Waals surface area (Å²) in [5, 5.41) is 9.02. The van der Waals surface area contributed by atoms with Gasteiger partial charge in [0.2, 0.25) is 5.91 Å². The van der Waals surface area contributed by atoms with Gasteiger partial charge in [-0.25, -0.2) is 0 Å². The maximum atomic E-state index is 11.0. The molecular weight excluding hydrogens is 142 g/mol. The Balaban J connectivity index is 2.08. The third-order valence-corrected chi connectivity index (χ3v) is 3.02. The molecule has 1 N–H and O–H groups in total. The molecule has 0 unspecified atom stereocenters. The molecule has 1 aliphatic carbocycles. The van der Waals surface area contributed by atoms with Crippen molar-refractivity contribution in [3.63, 3.8) is 0 Å². The third kappa shape index (κ3) is 0.805. The lowest BCUT2D eigenvalue weighted by atomic mass is 9.71. The third-order valence-electron chi connectivity index (χ3n) is 3.02. The second-order valence-corrected chi connectivity index (χ2v) is 3.87. The molecule has 3 fully saturated rings. The lowest BCUT2D eigenvalue weighted by Gasteiger charge is -2.34. The van der Waals surface area contributed by atoms with Gasteiger partial charge in [-0.05, 0) is 12.8 Å². The number of hydrogen-bond acceptors (Lipinski definition) is 2. The van der Waals surface area contributed by atoms with Crippen LogP contribution in [0.2, 0.25) is 0 Å². The summed E-state index contributed by atoms with van der Waals surface area (Å²) in [7, 11) is 0. The van der Waals surface area contributed by atoms with E-state index in [4.69, 9.17) is 5.11 Å². The van der Waals surface area contributed by atoms with Gasteiger partial charge < -0.3 is 10.0 Å². The van der Waals surface area contributed by atoms with Crippen LogP contribution < -0.4 is 0 Å². The first kappa shape index (κ1) is 7.10. The highest BCUT2D eigenvalue weighted by molar-refractivity contribution is 5.74. The molecule has 62 valence electrons. The monoisotopic (exact) mass is 155 g/mol. The molecule has 0 aromatic heterocycles. The highest BCUT2D eigenvalue weighted by atomic mass is 16.3. The van der Waals surface area contributed by atoms with E-state index in [1.807, 2.05) is 4.90 Å². The Morgan fingerprint density at radius 2 is 2.36 bits per heavy atom. The molecule has 1 amide bonds. The first-order chi connectivity index (χ1) is 5.17. The second kappa shape index (κ2) is 1.97. The summed E-state index contributed by atoms with van der Waals surface area (Å²) in [6.07, 6.45) is 2.03. The van der Waals surface area contributed by atoms with Gasteiger partial charge in [0.25, 0.3) is 0 Å². The van der Waals surface area contributed by atoms with E-state index in [-0.39, 0.29) is 17.9 Å². The Labute approximate surface area is 66.0 Å². The Bertz CT molecular complexity index is 196. The first-order valence-corrected chi connectivity index (χ1v) is 4.05. The second-order valence-electron chi connectivity index (χ2n) is 3.87. The van der Waals surface area contributed by atoms with E-state index < -0.39 is 0 Å². The van der Waals surface area contributed by atoms with Crippen LogP contribution in [0.3, 0.4) is 0 Å². The van der Waals surface area contributed by atoms with E-state index in [1.54, 1.807) is 6.92 Å². The van der Waals surface area contributed by atoms with Gasteiger partial charge in [0.15, 0.2) is 0 Å². The number of aliphatic hydroxyl groups is 1. The average Bonchev–Trinajstić information content (AvgIpc) is 2.38. The molecular formula is C8H13NO2. The Morgan fingerprint density at radius 1 is 1.73 bits per heavy atom. The van der Waals surface area contributed by atoms with Gasteiger partial charge in [0, 0.05) is 24.9 Å². The highest BCUT2D eigenvalue weighted by Crippen LogP contribution is 2.51. The van der Waals surface area contributed by atoms with Crippen LogP contribution in [0.4, 0.5) is 0 Å². The van der Waals surface area contributed by atoms with E-state index >= 15 is 0 Å². The van der Waals surface area contributed by atoms with Crippen LogP contribution in [0.15, 0.2) is 0 Å². The van der Waals surface area contributed by atoms with Crippen molar-refractivity contribution in [3.05, 3.63) is 0 Å². The molecule has 0 aromatic carbocycles. The quantitative estimate of drug-likeness (QED) is 0.578. The van der Waals surface area contributed by atoms with Crippen LogP contribution in [0, 0.1) is 5.41 Å². The zero-order valence-corrected chi connectivity index (χ0v) is 6.71. The number of carbonyl (C=O) groups is 1. The van der Waals surface area contributed by atoms with Crippen LogP contribution in [0.5, 0.6) is 0 Å². The molecule has 2 bridgehead atoms. The standard InChI is InChI=1S/C8H13NO2/c1-6(11)9-4-8(5-10)2-7(9)3-8/h7,10H,2-5H2,1H3. The predicted molar refractivity (Wildman–Crippen MR) is 39.9 cm³/mol. The minimum Gasteiger partial charge on any atom is -0.396 e. The van der Waals surface area contributed by atoms with E-state index in [0.717, 1.165) is 19.4 Å². The fourth-order valence-electron chi connectivity index (χ4n) is 2.33. The molecule has 3 heteroatoms. The van der Waals surface area contributed by atoms with E-state index in [1.165, 1.54) is 0 Å². The van der Waals surface area contributed by atoms with E-state index in [2.05, 4.69) is 0 Å². The number of amides is 1. The van der Waals surface area contributed by atoms with Crippen LogP contribution >= 0.6 is 0 Å². The largest absolute Gasteiger partial charge is 0.396 e. The topological polar surface area (TPSA) is 40.5 Å². The number of nitrogens with zero attached hydrogens (tertiary/aromatic N) is 1. The SMILES string of the molecule is CC(=O)N1CC2(CO)CC1C2. The van der Waals surface area contributed by atoms with E-state index in [9.17, 15) is 4.79 Å². The highest BCUT2D eigenvalue weighted by Gasteiger charge is 2.55. The summed E-state index contributed by atoms with van der Waals surface area (Å²) in [6, 6.07) is 0.444. The van der Waals surface area contributed by atoms with Crippen molar-refractivity contribution < 1.29 is 9.90 Å². The number of fused-ring (bicyclic) bond motifs is 1. The Morgan fingerprint density at radius 3 is 2.64 bits per heavy atom. The van der Waals surface area contributed by atoms with Gasteiger partial charge >= 0.3 is 0 Å². The van der Waals surface area contributed by atoms with Gasteiger partial charge in [-0.2, -0.15) is 0 Å². The summed E-state index contributed by atoms with van der Waals surface area (Å²) >= 11 is 0. The molecule has 0 atom stereocenters. The van der Waals surface area contributed by atoms with Crippen molar-refractivity contribution in [2.24, 2.45) is 5.41 Å². The first-order valence-electron chi connectivity index (χ1n) is 4.05. The number of hydrogen-bond donors (Lipinski definition) is 1. The van der Waals surface area contributed by atoms with Crippen molar-refractivity contribution in [2.45, 2.75) is 25.8 Å². The van der Waals surface area contributed by atoms with Gasteiger partial charge in [-0.3, -0.25) is 4.79 Å². The van der Waals surface area contributed by atoms with Gasteiger partial charge in [-0.15, -0.1) is 0 Å². The molecule has 0 radical (unpaired) electrons. The number of carbonyl (C=O) groups excluding carboxylic acids is 1. The normalized spacial score (nSPS) is 40.5. The fraction of sp³-hybridized carbons (Fsp3) is 0.875. The van der Waals surface area contributed by atoms with Crippen molar-refractivity contribution in [3.8, 4) is 0 Å². The predicted octanol–water partition coefficient (Wildman–Crippen LogP) is -0.0104. The maximum absolute atomic E-state index is 11.0. The minimum atomic E-state index is 0.0936. The minimum absolute atomic E-state index is 0.0936. The Kier molecular flexibility index (Phi) is 1.27. The van der Waals surface area contributed by atoms with Crippen molar-refractivity contribution >= 4 is 5.91 Å². The zero-order valence-electron chi connectivity index (χ0n) is 6.71. The van der Waals surface area contributed by atoms with Crippen LogP contribution in [0.25, 0.3) is 0 Å². The Hall–Kier alpha value is -0.570. The van der Waals surface area contributed by atoms with Gasteiger partial charge in [0.1, 0.15) is 0 Å². The smallest absolute Gasteiger partial charge is 0.219 e. The van der Waals surface area contributed by atoms with Crippen molar-refractivity contribution in [1.29, 1.82) is 0 Å². The molecule has 2 saturated heterocycles. The fourth-order valence-corrected chi connectivity index (χ4v) is 2.33. The summed E-state index contributed by atoms with van der Waals surface area (Å²) in [5.41, 5.74) is 0.0936. The maximum Gasteiger partial charge on any atom is 0.219 e. The van der Waals surface area contributed by atoms with Crippen molar-refractivity contribution in [1.82, 2.24) is 4.90 Å². The van der Waals surface area contributed by atoms with Crippen LogP contribution in [-0.4, -0.2) is 35.1 Å². The summed E-state index contributed by atoms with van der Waals surface area (Å²) in [6.45, 7) is 2.63. The summed E-state index contributed by atoms with van der Waals surface area (Å²) in [4.78, 5) is 12.9. The molecule has 0 spiro atoms. The van der Waals surface area contributed by atoms with Crippen LogP contribution in [0.1, 0.15) is 19.8 Å². The van der Waals surface area contributed by atoms with Gasteiger partial charge in [0.05, 0.1) is 6.61 Å². The van der Waals surface area contributed by atoms with Crippen molar-refractivity contribution in [2.75, 3.05) is 13.2 Å². The molecule has 3 rings (SSSR count). The summed E-state index contributed by atoms with van der Waals surface area (Å²) < 4.78 is 0. The number of aliphatic hydroxyl groups excluding tert-OH is 1. The molecule has 2 heterocycles. The summed E-state index contributed by atoms with van der Waals surface area (Å²) in [5.74, 6) is 0.155. The van der Waals surface area contributed by atoms with Gasteiger partial charge in [-0.1, -0.05) is 0 Å². The molecule has 3 nitrogen and oxygen atoms in total.